The smallest absolute Gasteiger partial charge is 0.387 e. The topological polar surface area (TPSA) is 70.7 Å². The predicted molar refractivity (Wildman–Crippen MR) is 86.3 cm³/mol. The van der Waals surface area contributed by atoms with Gasteiger partial charge in [0.1, 0.15) is 11.5 Å². The highest BCUT2D eigenvalue weighted by Gasteiger charge is 2.36. The lowest BCUT2D eigenvalue weighted by Gasteiger charge is -2.16. The molecule has 1 aliphatic rings. The van der Waals surface area contributed by atoms with Crippen molar-refractivity contribution in [2.24, 2.45) is 0 Å². The molecule has 1 aliphatic heterocycles. The summed E-state index contributed by atoms with van der Waals surface area (Å²) in [7, 11) is -4.80. The average molecular weight is 391 g/mol. The third kappa shape index (κ3) is 4.35. The van der Waals surface area contributed by atoms with Gasteiger partial charge < -0.3 is 4.84 Å². The summed E-state index contributed by atoms with van der Waals surface area (Å²) in [6, 6.07) is 11.1. The highest BCUT2D eigenvalue weighted by atomic mass is 32.2. The van der Waals surface area contributed by atoms with Gasteiger partial charge in [-0.2, -0.15) is 13.2 Å². The van der Waals surface area contributed by atoms with Gasteiger partial charge in [-0.25, -0.2) is 12.8 Å². The van der Waals surface area contributed by atoms with Gasteiger partial charge in [0.2, 0.25) is 10.0 Å². The first-order valence-corrected chi connectivity index (χ1v) is 8.93. The summed E-state index contributed by atoms with van der Waals surface area (Å²) in [5.74, 6) is -3.07. The van der Waals surface area contributed by atoms with E-state index in [0.29, 0.717) is 6.54 Å². The van der Waals surface area contributed by atoms with Gasteiger partial charge in [0.25, 0.3) is 0 Å². The molecule has 140 valence electrons. The van der Waals surface area contributed by atoms with Gasteiger partial charge in [-0.15, -0.1) is 0 Å². The van der Waals surface area contributed by atoms with Gasteiger partial charge >= 0.3 is 6.18 Å². The predicted octanol–water partition coefficient (Wildman–Crippen LogP) is 2.95. The number of rotatable bonds is 5. The molecule has 0 radical (unpaired) electrons. The second-order valence-electron chi connectivity index (χ2n) is 5.54. The summed E-state index contributed by atoms with van der Waals surface area (Å²) >= 11 is 0. The molecule has 2 aromatic rings. The van der Waals surface area contributed by atoms with E-state index in [1.165, 1.54) is 5.01 Å². The monoisotopic (exact) mass is 391 g/mol. The number of sulfonamides is 1. The highest BCUT2D eigenvalue weighted by Crippen LogP contribution is 2.37. The molecular weight excluding hydrogens is 378 g/mol. The van der Waals surface area contributed by atoms with E-state index in [4.69, 9.17) is 4.84 Å². The van der Waals surface area contributed by atoms with Crippen LogP contribution < -0.4 is 20.2 Å². The maximum atomic E-state index is 14.2. The molecule has 1 heterocycles. The molecule has 2 aromatic carbocycles. The third-order valence-corrected chi connectivity index (χ3v) is 4.65. The molecule has 0 unspecified atom stereocenters. The molecule has 0 saturated heterocycles. The Morgan fingerprint density at radius 1 is 1.15 bits per heavy atom. The van der Waals surface area contributed by atoms with Crippen LogP contribution in [-0.4, -0.2) is 20.3 Å². The first kappa shape index (κ1) is 18.3. The second-order valence-corrected chi connectivity index (χ2v) is 7.26. The lowest BCUT2D eigenvalue weighted by molar-refractivity contribution is -0.106. The van der Waals surface area contributed by atoms with Crippen molar-refractivity contribution < 1.29 is 30.8 Å². The number of alkyl halides is 3. The van der Waals surface area contributed by atoms with E-state index in [-0.39, 0.29) is 11.4 Å². The van der Waals surface area contributed by atoms with Crippen LogP contribution in [0.5, 0.6) is 5.75 Å². The minimum atomic E-state index is -4.94. The number of nitrogens with zero attached hydrogens (tertiary/aromatic N) is 1. The van der Waals surface area contributed by atoms with Crippen LogP contribution in [0.1, 0.15) is 5.56 Å². The van der Waals surface area contributed by atoms with Gasteiger partial charge in [0.15, 0.2) is 11.5 Å². The minimum absolute atomic E-state index is 0.0760. The number of benzene rings is 2. The Balaban J connectivity index is 1.81. The van der Waals surface area contributed by atoms with E-state index in [2.05, 4.69) is 5.59 Å². The van der Waals surface area contributed by atoms with Crippen molar-refractivity contribution in [1.82, 2.24) is 5.59 Å². The quantitative estimate of drug-likeness (QED) is 0.767. The fourth-order valence-corrected chi connectivity index (χ4v) is 3.36. The number of fused-ring (bicyclic) bond motifs is 1. The molecule has 0 amide bonds. The molecule has 6 nitrogen and oxygen atoms in total. The van der Waals surface area contributed by atoms with Crippen LogP contribution in [0.2, 0.25) is 0 Å². The largest absolute Gasteiger partial charge is 0.404 e. The van der Waals surface area contributed by atoms with Gasteiger partial charge in [-0.1, -0.05) is 35.9 Å². The van der Waals surface area contributed by atoms with Crippen LogP contribution in [-0.2, 0) is 16.6 Å². The Morgan fingerprint density at radius 3 is 2.50 bits per heavy atom. The van der Waals surface area contributed by atoms with Crippen LogP contribution in [0.4, 0.5) is 28.9 Å². The van der Waals surface area contributed by atoms with E-state index in [1.807, 2.05) is 30.3 Å². The van der Waals surface area contributed by atoms with E-state index in [0.717, 1.165) is 17.7 Å². The first-order chi connectivity index (χ1) is 12.1. The summed E-state index contributed by atoms with van der Waals surface area (Å²) in [6.45, 7) is 0.326. The molecule has 11 heteroatoms. The van der Waals surface area contributed by atoms with Crippen molar-refractivity contribution in [2.75, 3.05) is 15.5 Å². The number of halogens is 4. The Morgan fingerprint density at radius 2 is 1.85 bits per heavy atom. The number of anilines is 2. The molecular formula is C15H13F4N3O3S. The maximum Gasteiger partial charge on any atom is 0.404 e. The van der Waals surface area contributed by atoms with Crippen LogP contribution in [0.15, 0.2) is 42.5 Å². The van der Waals surface area contributed by atoms with Crippen molar-refractivity contribution in [3.8, 4) is 5.75 Å². The van der Waals surface area contributed by atoms with E-state index in [9.17, 15) is 26.0 Å². The molecule has 0 aliphatic carbocycles. The normalized spacial score (nSPS) is 14.1. The lowest BCUT2D eigenvalue weighted by atomic mass is 10.2. The SMILES string of the molecule is O=S(=O)(CC(F)(F)F)Nc1cc2c(cc1F)N(Cc1ccccc1)NO2. The van der Waals surface area contributed by atoms with E-state index < -0.39 is 33.5 Å². The number of hydrogen-bond donors (Lipinski definition) is 2. The zero-order valence-electron chi connectivity index (χ0n) is 13.0. The van der Waals surface area contributed by atoms with Crippen LogP contribution in [0.3, 0.4) is 0 Å². The summed E-state index contributed by atoms with van der Waals surface area (Å²) in [5, 5.41) is 1.47. The van der Waals surface area contributed by atoms with Crippen LogP contribution in [0.25, 0.3) is 0 Å². The number of hydrogen-bond acceptors (Lipinski definition) is 5. The Kier molecular flexibility index (Phi) is 4.67. The molecule has 0 atom stereocenters. The molecule has 0 spiro atoms. The third-order valence-electron chi connectivity index (χ3n) is 3.41. The zero-order valence-corrected chi connectivity index (χ0v) is 13.9. The van der Waals surface area contributed by atoms with Crippen LogP contribution >= 0.6 is 0 Å². The van der Waals surface area contributed by atoms with Crippen LogP contribution in [0, 0.1) is 5.82 Å². The van der Waals surface area contributed by atoms with E-state index >= 15 is 0 Å². The van der Waals surface area contributed by atoms with Gasteiger partial charge in [-0.05, 0) is 5.56 Å². The molecule has 0 saturated carbocycles. The average Bonchev–Trinajstić information content (AvgIpc) is 2.88. The Bertz CT molecular complexity index is 904. The van der Waals surface area contributed by atoms with Crippen molar-refractivity contribution in [3.05, 3.63) is 53.8 Å². The fraction of sp³-hybridized carbons (Fsp3) is 0.200. The van der Waals surface area contributed by atoms with Crippen molar-refractivity contribution in [2.45, 2.75) is 12.7 Å². The number of hydrazine groups is 1. The van der Waals surface area contributed by atoms with Gasteiger partial charge in [0, 0.05) is 12.1 Å². The van der Waals surface area contributed by atoms with E-state index in [1.54, 1.807) is 4.72 Å². The number of nitrogens with one attached hydrogen (secondary N) is 2. The second kappa shape index (κ2) is 6.65. The summed E-state index contributed by atoms with van der Waals surface area (Å²) in [4.78, 5) is 5.15. The fourth-order valence-electron chi connectivity index (χ4n) is 2.37. The summed E-state index contributed by atoms with van der Waals surface area (Å²) in [6.07, 6.45) is -4.94. The first-order valence-electron chi connectivity index (χ1n) is 7.28. The van der Waals surface area contributed by atoms with Crippen molar-refractivity contribution >= 4 is 21.4 Å². The standard InChI is InChI=1S/C15H13F4N3O3S/c16-11-6-13-14(7-12(11)20-26(23,24)9-15(17,18)19)25-21-22(13)8-10-4-2-1-3-5-10/h1-7,20-21H,8-9H2. The Labute approximate surface area is 146 Å². The Hall–Kier alpha value is -2.53. The zero-order chi connectivity index (χ0) is 18.9. The molecule has 2 N–H and O–H groups in total. The lowest BCUT2D eigenvalue weighted by Crippen LogP contribution is -2.34. The molecule has 3 rings (SSSR count). The van der Waals surface area contributed by atoms with Crippen molar-refractivity contribution in [1.29, 1.82) is 0 Å². The molecule has 0 fully saturated rings. The highest BCUT2D eigenvalue weighted by molar-refractivity contribution is 7.92. The molecule has 0 aromatic heterocycles. The van der Waals surface area contributed by atoms with Crippen molar-refractivity contribution in [3.63, 3.8) is 0 Å². The molecule has 0 bridgehead atoms. The maximum absolute atomic E-state index is 14.2. The molecule has 26 heavy (non-hydrogen) atoms. The van der Waals surface area contributed by atoms with Gasteiger partial charge in [-0.3, -0.25) is 9.73 Å². The summed E-state index contributed by atoms with van der Waals surface area (Å²) in [5.41, 5.74) is 3.08. The van der Waals surface area contributed by atoms with Gasteiger partial charge in [0.05, 0.1) is 12.2 Å². The minimum Gasteiger partial charge on any atom is -0.387 e. The summed E-state index contributed by atoms with van der Waals surface area (Å²) < 4.78 is 75.6.